The molecule has 1 fully saturated rings. The van der Waals surface area contributed by atoms with Crippen molar-refractivity contribution in [2.45, 2.75) is 77.0 Å². The molecule has 14 heteroatoms. The highest BCUT2D eigenvalue weighted by atomic mass is 32.1. The summed E-state index contributed by atoms with van der Waals surface area (Å²) in [5, 5.41) is 16.8. The van der Waals surface area contributed by atoms with Gasteiger partial charge in [-0.3, -0.25) is 14.4 Å². The van der Waals surface area contributed by atoms with E-state index in [2.05, 4.69) is 28.6 Å². The minimum absolute atomic E-state index is 0.0217. The standard InChI is InChI=1S/C30H47N5O8S/c1-30(2,3)43-29(41)35-13-11-20(12-14-35)6-4-5-15-42-22-9-7-21(8-10-22)16-23(28(39)40)34-27(38)24(19-44)33-26(37)18-32-25(36)17-31/h7-10,20,23-24,44H,4-6,11-19,31H2,1-3H3,(H,32,36)(H,33,37)(H,34,38)(H,39,40)/t23-,24-/m0/s1. The molecule has 1 saturated heterocycles. The Morgan fingerprint density at radius 2 is 1.68 bits per heavy atom. The number of amides is 4. The molecule has 44 heavy (non-hydrogen) atoms. The molecule has 6 N–H and O–H groups in total. The van der Waals surface area contributed by atoms with Crippen molar-refractivity contribution in [2.24, 2.45) is 11.7 Å². The van der Waals surface area contributed by atoms with Gasteiger partial charge in [0.2, 0.25) is 17.7 Å². The number of piperidine rings is 1. The Morgan fingerprint density at radius 3 is 2.25 bits per heavy atom. The minimum Gasteiger partial charge on any atom is -0.494 e. The van der Waals surface area contributed by atoms with E-state index in [0.717, 1.165) is 45.2 Å². The first kappa shape index (κ1) is 36.7. The van der Waals surface area contributed by atoms with E-state index in [4.69, 9.17) is 15.2 Å². The van der Waals surface area contributed by atoms with E-state index < -0.39 is 41.4 Å². The number of nitrogens with one attached hydrogen (secondary N) is 3. The average Bonchev–Trinajstić information content (AvgIpc) is 2.98. The highest BCUT2D eigenvalue weighted by Crippen LogP contribution is 2.24. The van der Waals surface area contributed by atoms with Crippen LogP contribution in [0, 0.1) is 5.92 Å². The molecule has 0 saturated carbocycles. The molecule has 2 atom stereocenters. The van der Waals surface area contributed by atoms with Crippen LogP contribution in [-0.4, -0.2) is 96.0 Å². The van der Waals surface area contributed by atoms with Crippen LogP contribution in [0.5, 0.6) is 5.75 Å². The fraction of sp³-hybridized carbons (Fsp3) is 0.633. The lowest BCUT2D eigenvalue weighted by atomic mass is 9.92. The number of hydrogen-bond donors (Lipinski definition) is 6. The monoisotopic (exact) mass is 637 g/mol. The second-order valence-electron chi connectivity index (χ2n) is 11.8. The van der Waals surface area contributed by atoms with Gasteiger partial charge in [-0.05, 0) is 70.1 Å². The summed E-state index contributed by atoms with van der Waals surface area (Å²) in [7, 11) is 0. The number of unbranched alkanes of at least 4 members (excludes halogenated alkanes) is 1. The second kappa shape index (κ2) is 18.3. The van der Waals surface area contributed by atoms with Crippen molar-refractivity contribution in [3.63, 3.8) is 0 Å². The van der Waals surface area contributed by atoms with E-state index in [1.165, 1.54) is 0 Å². The first-order valence-corrected chi connectivity index (χ1v) is 15.5. The van der Waals surface area contributed by atoms with Gasteiger partial charge in [-0.2, -0.15) is 12.6 Å². The van der Waals surface area contributed by atoms with Gasteiger partial charge < -0.3 is 41.2 Å². The van der Waals surface area contributed by atoms with E-state index >= 15 is 0 Å². The van der Waals surface area contributed by atoms with Crippen molar-refractivity contribution in [1.82, 2.24) is 20.9 Å². The van der Waals surface area contributed by atoms with Crippen LogP contribution in [0.1, 0.15) is 58.4 Å². The number of carbonyl (C=O) groups excluding carboxylic acids is 4. The third-order valence-corrected chi connectivity index (χ3v) is 7.35. The summed E-state index contributed by atoms with van der Waals surface area (Å²) in [5.74, 6) is -1.93. The zero-order valence-electron chi connectivity index (χ0n) is 25.8. The van der Waals surface area contributed by atoms with Crippen LogP contribution in [0.2, 0.25) is 0 Å². The van der Waals surface area contributed by atoms with Gasteiger partial charge in [-0.25, -0.2) is 9.59 Å². The van der Waals surface area contributed by atoms with Crippen molar-refractivity contribution in [2.75, 3.05) is 38.5 Å². The number of benzene rings is 1. The maximum absolute atomic E-state index is 12.6. The predicted molar refractivity (Wildman–Crippen MR) is 167 cm³/mol. The van der Waals surface area contributed by atoms with Gasteiger partial charge in [0.1, 0.15) is 23.4 Å². The Bertz CT molecular complexity index is 1100. The molecule has 1 aliphatic heterocycles. The van der Waals surface area contributed by atoms with Crippen molar-refractivity contribution in [1.29, 1.82) is 0 Å². The first-order chi connectivity index (χ1) is 20.8. The topological polar surface area (TPSA) is 189 Å². The highest BCUT2D eigenvalue weighted by Gasteiger charge is 2.27. The van der Waals surface area contributed by atoms with E-state index in [9.17, 15) is 29.1 Å². The molecule has 0 spiro atoms. The number of nitrogens with two attached hydrogens (primary N) is 1. The minimum atomic E-state index is -1.23. The van der Waals surface area contributed by atoms with Crippen molar-refractivity contribution >= 4 is 42.4 Å². The molecule has 0 bridgehead atoms. The first-order valence-electron chi connectivity index (χ1n) is 14.9. The number of carbonyl (C=O) groups is 5. The summed E-state index contributed by atoms with van der Waals surface area (Å²) >= 11 is 4.07. The van der Waals surface area contributed by atoms with Crippen molar-refractivity contribution in [3.05, 3.63) is 29.8 Å². The number of rotatable bonds is 16. The van der Waals surface area contributed by atoms with Crippen molar-refractivity contribution < 1.29 is 38.6 Å². The van der Waals surface area contributed by atoms with Crippen LogP contribution in [0.15, 0.2) is 24.3 Å². The molecule has 0 aromatic heterocycles. The molecule has 1 aliphatic rings. The summed E-state index contributed by atoms with van der Waals surface area (Å²) in [6, 6.07) is 4.68. The summed E-state index contributed by atoms with van der Waals surface area (Å²) < 4.78 is 11.3. The number of likely N-dealkylation sites (tertiary alicyclic amines) is 1. The molecule has 1 aromatic rings. The number of thiol groups is 1. The van der Waals surface area contributed by atoms with Gasteiger partial charge >= 0.3 is 12.1 Å². The molecular formula is C30H47N5O8S. The van der Waals surface area contributed by atoms with Crippen LogP contribution in [-0.2, 0) is 30.3 Å². The normalized spacial score (nSPS) is 15.1. The zero-order valence-corrected chi connectivity index (χ0v) is 26.7. The third-order valence-electron chi connectivity index (χ3n) is 6.99. The Morgan fingerprint density at radius 1 is 1.02 bits per heavy atom. The quantitative estimate of drug-likeness (QED) is 0.115. The lowest BCUT2D eigenvalue weighted by Gasteiger charge is -2.33. The van der Waals surface area contributed by atoms with Crippen LogP contribution in [0.3, 0.4) is 0 Å². The fourth-order valence-corrected chi connectivity index (χ4v) is 4.83. The molecule has 0 radical (unpaired) electrons. The summed E-state index contributed by atoms with van der Waals surface area (Å²) in [6.07, 6.45) is 4.71. The SMILES string of the molecule is CC(C)(C)OC(=O)N1CCC(CCCCOc2ccc(C[C@H](NC(=O)[C@H](CS)NC(=O)CNC(=O)CN)C(=O)O)cc2)CC1. The molecule has 246 valence electrons. The summed E-state index contributed by atoms with van der Waals surface area (Å²) in [4.78, 5) is 61.7. The molecular weight excluding hydrogens is 590 g/mol. The Balaban J connectivity index is 1.71. The van der Waals surface area contributed by atoms with Crippen LogP contribution in [0.25, 0.3) is 0 Å². The van der Waals surface area contributed by atoms with E-state index in [0.29, 0.717) is 23.8 Å². The molecule has 0 unspecified atom stereocenters. The second-order valence-corrected chi connectivity index (χ2v) is 12.2. The van der Waals surface area contributed by atoms with Gasteiger partial charge in [0.15, 0.2) is 0 Å². The molecule has 4 amide bonds. The van der Waals surface area contributed by atoms with E-state index in [-0.39, 0.29) is 31.4 Å². The van der Waals surface area contributed by atoms with Crippen LogP contribution in [0.4, 0.5) is 4.79 Å². The number of nitrogens with zero attached hydrogens (tertiary/aromatic N) is 1. The average molecular weight is 638 g/mol. The molecule has 1 heterocycles. The predicted octanol–water partition coefficient (Wildman–Crippen LogP) is 1.48. The Hall–Kier alpha value is -3.52. The zero-order chi connectivity index (χ0) is 32.7. The molecule has 13 nitrogen and oxygen atoms in total. The highest BCUT2D eigenvalue weighted by molar-refractivity contribution is 7.80. The largest absolute Gasteiger partial charge is 0.494 e. The van der Waals surface area contributed by atoms with Gasteiger partial charge in [0, 0.05) is 25.3 Å². The summed E-state index contributed by atoms with van der Waals surface area (Å²) in [6.45, 7) is 6.95. The van der Waals surface area contributed by atoms with Crippen molar-refractivity contribution in [3.8, 4) is 5.75 Å². The lowest BCUT2D eigenvalue weighted by molar-refractivity contribution is -0.142. The summed E-state index contributed by atoms with van der Waals surface area (Å²) in [5.41, 5.74) is 5.36. The third kappa shape index (κ3) is 13.8. The van der Waals surface area contributed by atoms with Crippen LogP contribution < -0.4 is 26.4 Å². The fourth-order valence-electron chi connectivity index (χ4n) is 4.58. The van der Waals surface area contributed by atoms with E-state index in [1.54, 1.807) is 29.2 Å². The maximum atomic E-state index is 12.6. The molecule has 0 aliphatic carbocycles. The number of carboxylic acids is 1. The number of aliphatic carboxylic acids is 1. The number of ether oxygens (including phenoxy) is 2. The van der Waals surface area contributed by atoms with Gasteiger partial charge in [0.25, 0.3) is 0 Å². The Kier molecular flexibility index (Phi) is 15.3. The number of carboxylic acid groups (broad SMARTS) is 1. The maximum Gasteiger partial charge on any atom is 0.410 e. The van der Waals surface area contributed by atoms with E-state index in [1.807, 2.05) is 20.8 Å². The van der Waals surface area contributed by atoms with Gasteiger partial charge in [-0.1, -0.05) is 18.6 Å². The Labute approximate surface area is 264 Å². The smallest absolute Gasteiger partial charge is 0.410 e. The van der Waals surface area contributed by atoms with Crippen LogP contribution >= 0.6 is 12.6 Å². The molecule has 2 rings (SSSR count). The van der Waals surface area contributed by atoms with Gasteiger partial charge in [-0.15, -0.1) is 0 Å². The number of hydrogen-bond acceptors (Lipinski definition) is 9. The van der Waals surface area contributed by atoms with Gasteiger partial charge in [0.05, 0.1) is 19.7 Å². The molecule has 1 aromatic carbocycles. The lowest BCUT2D eigenvalue weighted by Crippen LogP contribution is -2.54.